The zero-order valence-corrected chi connectivity index (χ0v) is 21.7. The molecule has 0 saturated heterocycles. The Kier molecular flexibility index (Phi) is 6.92. The molecule has 192 valence electrons. The highest BCUT2D eigenvalue weighted by Crippen LogP contribution is 2.51. The van der Waals surface area contributed by atoms with Crippen LogP contribution in [-0.4, -0.2) is 18.6 Å². The van der Waals surface area contributed by atoms with Crippen molar-refractivity contribution in [2.75, 3.05) is 12.1 Å². The van der Waals surface area contributed by atoms with Crippen LogP contribution in [0.25, 0.3) is 11.1 Å². The van der Waals surface area contributed by atoms with Crippen molar-refractivity contribution in [1.29, 1.82) is 0 Å². The van der Waals surface area contributed by atoms with Gasteiger partial charge in [-0.25, -0.2) is 0 Å². The predicted octanol–water partition coefficient (Wildman–Crippen LogP) is 6.11. The molecule has 6 heteroatoms. The Bertz CT molecular complexity index is 1310. The Morgan fingerprint density at radius 3 is 2.35 bits per heavy atom. The summed E-state index contributed by atoms with van der Waals surface area (Å²) < 4.78 is 10.9. The average Bonchev–Trinajstić information content (AvgIpc) is 3.60. The van der Waals surface area contributed by atoms with Gasteiger partial charge in [-0.2, -0.15) is 0 Å². The number of hydrogen-bond donors (Lipinski definition) is 2. The highest BCUT2D eigenvalue weighted by molar-refractivity contribution is 6.02. The van der Waals surface area contributed by atoms with Gasteiger partial charge in [-0.3, -0.25) is 9.59 Å². The summed E-state index contributed by atoms with van der Waals surface area (Å²) in [7, 11) is 0. The number of ether oxygens (including phenoxy) is 2. The molecule has 6 nitrogen and oxygen atoms in total. The second-order valence-corrected chi connectivity index (χ2v) is 10.1. The maximum atomic E-state index is 13.4. The van der Waals surface area contributed by atoms with E-state index in [1.165, 1.54) is 0 Å². The van der Waals surface area contributed by atoms with Crippen LogP contribution in [-0.2, 0) is 21.5 Å². The summed E-state index contributed by atoms with van der Waals surface area (Å²) in [6.45, 7) is 6.90. The molecule has 0 atom stereocenters. The molecular weight excluding hydrogens is 464 g/mol. The summed E-state index contributed by atoms with van der Waals surface area (Å²) in [6.07, 6.45) is 3.33. The zero-order valence-electron chi connectivity index (χ0n) is 21.7. The molecular formula is C31H34N2O4. The van der Waals surface area contributed by atoms with Gasteiger partial charge in [0.15, 0.2) is 11.5 Å². The number of aryl methyl sites for hydroxylation is 1. The van der Waals surface area contributed by atoms with Crippen molar-refractivity contribution in [3.63, 3.8) is 0 Å². The van der Waals surface area contributed by atoms with E-state index in [2.05, 4.69) is 29.7 Å². The zero-order chi connectivity index (χ0) is 26.0. The van der Waals surface area contributed by atoms with E-state index in [9.17, 15) is 9.59 Å². The van der Waals surface area contributed by atoms with Crippen LogP contribution in [0.1, 0.15) is 56.2 Å². The second kappa shape index (κ2) is 10.3. The first-order valence-electron chi connectivity index (χ1n) is 13.1. The second-order valence-electron chi connectivity index (χ2n) is 10.1. The van der Waals surface area contributed by atoms with Gasteiger partial charge in [0.2, 0.25) is 18.6 Å². The van der Waals surface area contributed by atoms with E-state index >= 15 is 0 Å². The number of rotatable bonds is 9. The van der Waals surface area contributed by atoms with E-state index in [1.807, 2.05) is 62.4 Å². The van der Waals surface area contributed by atoms with E-state index < -0.39 is 5.41 Å². The molecule has 0 unspecified atom stereocenters. The molecule has 5 rings (SSSR count). The van der Waals surface area contributed by atoms with Crippen LogP contribution in [0.2, 0.25) is 0 Å². The van der Waals surface area contributed by atoms with Crippen molar-refractivity contribution < 1.29 is 19.1 Å². The molecule has 1 fully saturated rings. The maximum Gasteiger partial charge on any atom is 0.235 e. The van der Waals surface area contributed by atoms with Gasteiger partial charge in [-0.05, 0) is 84.7 Å². The molecule has 37 heavy (non-hydrogen) atoms. The SMILES string of the molecule is CCC(CC)C(=O)NCc1ccc(-c2cc(NC(=O)C3(c4ccc5c(c4)OCO5)CC3)ccc2C)cc1. The van der Waals surface area contributed by atoms with Crippen molar-refractivity contribution in [2.45, 2.75) is 58.4 Å². The standard InChI is InChI=1S/C31H34N2O4/c1-4-22(5-2)29(34)32-18-21-7-9-23(10-8-21)26-17-25(12-6-20(26)3)33-30(35)31(14-15-31)24-11-13-27-28(16-24)37-19-36-27/h6-13,16-17,22H,4-5,14-15,18-19H2,1-3H3,(H,32,34)(H,33,35). The van der Waals surface area contributed by atoms with Gasteiger partial charge >= 0.3 is 0 Å². The summed E-state index contributed by atoms with van der Waals surface area (Å²) in [6, 6.07) is 20.0. The highest BCUT2D eigenvalue weighted by atomic mass is 16.7. The number of carbonyl (C=O) groups excluding carboxylic acids is 2. The number of anilines is 1. The first kappa shape index (κ1) is 24.9. The van der Waals surface area contributed by atoms with Crippen LogP contribution in [0, 0.1) is 12.8 Å². The van der Waals surface area contributed by atoms with Crippen LogP contribution < -0.4 is 20.1 Å². The number of hydrogen-bond acceptors (Lipinski definition) is 4. The van der Waals surface area contributed by atoms with Gasteiger partial charge in [-0.15, -0.1) is 0 Å². The Morgan fingerprint density at radius 2 is 1.65 bits per heavy atom. The Hall–Kier alpha value is -3.80. The smallest absolute Gasteiger partial charge is 0.235 e. The van der Waals surface area contributed by atoms with Gasteiger partial charge in [-0.1, -0.05) is 50.2 Å². The van der Waals surface area contributed by atoms with Crippen molar-refractivity contribution in [3.05, 3.63) is 77.4 Å². The minimum absolute atomic E-state index is 0.00437. The minimum Gasteiger partial charge on any atom is -0.454 e. The Labute approximate surface area is 218 Å². The van der Waals surface area contributed by atoms with Gasteiger partial charge in [0.1, 0.15) is 0 Å². The minimum atomic E-state index is -0.521. The quantitative estimate of drug-likeness (QED) is 0.373. The molecule has 3 aromatic carbocycles. The van der Waals surface area contributed by atoms with Gasteiger partial charge in [0, 0.05) is 18.2 Å². The molecule has 1 saturated carbocycles. The fourth-order valence-corrected chi connectivity index (χ4v) is 5.02. The van der Waals surface area contributed by atoms with Crippen molar-refractivity contribution in [2.24, 2.45) is 5.92 Å². The number of nitrogens with one attached hydrogen (secondary N) is 2. The lowest BCUT2D eigenvalue weighted by Crippen LogP contribution is -2.29. The Balaban J connectivity index is 1.28. The van der Waals surface area contributed by atoms with Crippen molar-refractivity contribution in [1.82, 2.24) is 5.32 Å². The monoisotopic (exact) mass is 498 g/mol. The molecule has 0 spiro atoms. The predicted molar refractivity (Wildman–Crippen MR) is 145 cm³/mol. The highest BCUT2D eigenvalue weighted by Gasteiger charge is 2.51. The van der Waals surface area contributed by atoms with E-state index in [1.54, 1.807) is 0 Å². The third-order valence-corrected chi connectivity index (χ3v) is 7.69. The lowest BCUT2D eigenvalue weighted by atomic mass is 9.94. The summed E-state index contributed by atoms with van der Waals surface area (Å²) in [5.74, 6) is 1.61. The average molecular weight is 499 g/mol. The molecule has 2 N–H and O–H groups in total. The first-order valence-corrected chi connectivity index (χ1v) is 13.1. The number of fused-ring (bicyclic) bond motifs is 1. The molecule has 0 radical (unpaired) electrons. The molecule has 2 amide bonds. The fourth-order valence-electron chi connectivity index (χ4n) is 5.02. The first-order chi connectivity index (χ1) is 17.9. The van der Waals surface area contributed by atoms with Crippen molar-refractivity contribution >= 4 is 17.5 Å². The fraction of sp³-hybridized carbons (Fsp3) is 0.355. The normalized spacial score (nSPS) is 14.9. The van der Waals surface area contributed by atoms with Gasteiger partial charge in [0.05, 0.1) is 5.41 Å². The number of benzene rings is 3. The summed E-state index contributed by atoms with van der Waals surface area (Å²) >= 11 is 0. The lowest BCUT2D eigenvalue weighted by molar-refractivity contribution is -0.125. The maximum absolute atomic E-state index is 13.4. The molecule has 2 aliphatic rings. The largest absolute Gasteiger partial charge is 0.454 e. The summed E-state index contributed by atoms with van der Waals surface area (Å²) in [5, 5.41) is 6.20. The van der Waals surface area contributed by atoms with Gasteiger partial charge < -0.3 is 20.1 Å². The summed E-state index contributed by atoms with van der Waals surface area (Å²) in [4.78, 5) is 25.7. The number of carbonyl (C=O) groups is 2. The van der Waals surface area contributed by atoms with Crippen LogP contribution in [0.5, 0.6) is 11.5 Å². The van der Waals surface area contributed by atoms with E-state index in [-0.39, 0.29) is 24.5 Å². The van der Waals surface area contributed by atoms with Crippen LogP contribution in [0.4, 0.5) is 5.69 Å². The third-order valence-electron chi connectivity index (χ3n) is 7.69. The van der Waals surface area contributed by atoms with Crippen LogP contribution >= 0.6 is 0 Å². The lowest BCUT2D eigenvalue weighted by Gasteiger charge is -2.17. The van der Waals surface area contributed by atoms with E-state index in [0.29, 0.717) is 12.3 Å². The molecule has 0 bridgehead atoms. The molecule has 1 aliphatic carbocycles. The Morgan fingerprint density at radius 1 is 0.919 bits per heavy atom. The molecule has 1 heterocycles. The topological polar surface area (TPSA) is 76.7 Å². The molecule has 0 aromatic heterocycles. The van der Waals surface area contributed by atoms with Crippen LogP contribution in [0.15, 0.2) is 60.7 Å². The van der Waals surface area contributed by atoms with Crippen LogP contribution in [0.3, 0.4) is 0 Å². The number of amides is 2. The van der Waals surface area contributed by atoms with Crippen molar-refractivity contribution in [3.8, 4) is 22.6 Å². The van der Waals surface area contributed by atoms with E-state index in [4.69, 9.17) is 9.47 Å². The molecule has 1 aliphatic heterocycles. The molecule has 3 aromatic rings. The van der Waals surface area contributed by atoms with Gasteiger partial charge in [0.25, 0.3) is 0 Å². The summed E-state index contributed by atoms with van der Waals surface area (Å²) in [5.41, 5.74) is 5.55. The third kappa shape index (κ3) is 5.06. The van der Waals surface area contributed by atoms with E-state index in [0.717, 1.165) is 64.9 Å².